The summed E-state index contributed by atoms with van der Waals surface area (Å²) in [5.41, 5.74) is 6.27. The average Bonchev–Trinajstić information content (AvgIpc) is 2.80. The third-order valence-electron chi connectivity index (χ3n) is 2.87. The van der Waals surface area contributed by atoms with Gasteiger partial charge in [-0.15, -0.1) is 13.2 Å². The summed E-state index contributed by atoms with van der Waals surface area (Å²) in [7, 11) is 0. The van der Waals surface area contributed by atoms with Crippen molar-refractivity contribution in [2.75, 3.05) is 6.61 Å². The van der Waals surface area contributed by atoms with Gasteiger partial charge in [0, 0.05) is 12.2 Å². The molecule has 2 unspecified atom stereocenters. The predicted molar refractivity (Wildman–Crippen MR) is 59.0 cm³/mol. The van der Waals surface area contributed by atoms with Gasteiger partial charge in [-0.2, -0.15) is 0 Å². The molecule has 2 rings (SSSR count). The first-order valence-electron chi connectivity index (χ1n) is 5.69. The van der Waals surface area contributed by atoms with Crippen molar-refractivity contribution in [2.45, 2.75) is 31.3 Å². The molecule has 3 nitrogen and oxygen atoms in total. The van der Waals surface area contributed by atoms with Crippen molar-refractivity contribution in [1.82, 2.24) is 0 Å². The van der Waals surface area contributed by atoms with Crippen LogP contribution in [-0.4, -0.2) is 19.1 Å². The zero-order valence-electron chi connectivity index (χ0n) is 9.61. The highest BCUT2D eigenvalue weighted by Crippen LogP contribution is 2.33. The van der Waals surface area contributed by atoms with Crippen LogP contribution in [0.5, 0.6) is 5.75 Å². The molecule has 0 radical (unpaired) electrons. The molecule has 6 heteroatoms. The van der Waals surface area contributed by atoms with Gasteiger partial charge in [0.15, 0.2) is 0 Å². The fourth-order valence-electron chi connectivity index (χ4n) is 2.06. The van der Waals surface area contributed by atoms with Crippen LogP contribution in [0.2, 0.25) is 0 Å². The van der Waals surface area contributed by atoms with Gasteiger partial charge in [-0.25, -0.2) is 0 Å². The first-order chi connectivity index (χ1) is 8.47. The van der Waals surface area contributed by atoms with Gasteiger partial charge in [-0.1, -0.05) is 18.2 Å². The minimum absolute atomic E-state index is 0.247. The molecular weight excluding hydrogens is 247 g/mol. The maximum atomic E-state index is 12.3. The molecular formula is C12H14F3NO2. The van der Waals surface area contributed by atoms with Crippen molar-refractivity contribution in [3.05, 3.63) is 29.8 Å². The van der Waals surface area contributed by atoms with E-state index < -0.39 is 12.4 Å². The molecule has 1 heterocycles. The number of hydrogen-bond acceptors (Lipinski definition) is 3. The van der Waals surface area contributed by atoms with Crippen molar-refractivity contribution >= 4 is 0 Å². The smallest absolute Gasteiger partial charge is 0.405 e. The Balaban J connectivity index is 2.20. The zero-order valence-corrected chi connectivity index (χ0v) is 9.61. The number of alkyl halides is 3. The lowest BCUT2D eigenvalue weighted by Gasteiger charge is -2.22. The summed E-state index contributed by atoms with van der Waals surface area (Å²) >= 11 is 0. The van der Waals surface area contributed by atoms with E-state index in [2.05, 4.69) is 4.74 Å². The van der Waals surface area contributed by atoms with Crippen LogP contribution >= 0.6 is 0 Å². The van der Waals surface area contributed by atoms with Gasteiger partial charge in [-0.3, -0.25) is 0 Å². The molecule has 2 atom stereocenters. The van der Waals surface area contributed by atoms with Crippen LogP contribution < -0.4 is 10.5 Å². The Morgan fingerprint density at radius 3 is 2.67 bits per heavy atom. The van der Waals surface area contributed by atoms with Crippen molar-refractivity contribution in [3.63, 3.8) is 0 Å². The molecule has 0 bridgehead atoms. The highest BCUT2D eigenvalue weighted by Gasteiger charge is 2.34. The molecule has 0 amide bonds. The molecule has 2 N–H and O–H groups in total. The van der Waals surface area contributed by atoms with E-state index >= 15 is 0 Å². The molecule has 1 aliphatic heterocycles. The maximum absolute atomic E-state index is 12.3. The lowest BCUT2D eigenvalue weighted by atomic mass is 9.99. The first-order valence-corrected chi connectivity index (χ1v) is 5.69. The zero-order chi connectivity index (χ0) is 13.2. The van der Waals surface area contributed by atoms with E-state index in [4.69, 9.17) is 10.5 Å². The van der Waals surface area contributed by atoms with Crippen molar-refractivity contribution in [3.8, 4) is 5.75 Å². The molecule has 1 aromatic rings. The van der Waals surface area contributed by atoms with Crippen molar-refractivity contribution in [1.29, 1.82) is 0 Å². The van der Waals surface area contributed by atoms with Crippen LogP contribution in [0.4, 0.5) is 13.2 Å². The Hall–Kier alpha value is -1.27. The Morgan fingerprint density at radius 1 is 1.33 bits per heavy atom. The summed E-state index contributed by atoms with van der Waals surface area (Å²) in [5.74, 6) is -0.256. The molecule has 18 heavy (non-hydrogen) atoms. The van der Waals surface area contributed by atoms with Gasteiger partial charge in [0.05, 0.1) is 12.1 Å². The Morgan fingerprint density at radius 2 is 2.06 bits per heavy atom. The summed E-state index contributed by atoms with van der Waals surface area (Å²) in [4.78, 5) is 0. The maximum Gasteiger partial charge on any atom is 0.573 e. The summed E-state index contributed by atoms with van der Waals surface area (Å²) in [5, 5.41) is 0. The highest BCUT2D eigenvalue weighted by atomic mass is 19.4. The van der Waals surface area contributed by atoms with Crippen molar-refractivity contribution < 1.29 is 22.6 Å². The summed E-state index contributed by atoms with van der Waals surface area (Å²) < 4.78 is 46.2. The predicted octanol–water partition coefficient (Wildman–Crippen LogP) is 2.76. The van der Waals surface area contributed by atoms with Gasteiger partial charge in [0.1, 0.15) is 5.75 Å². The van der Waals surface area contributed by atoms with Crippen molar-refractivity contribution in [2.24, 2.45) is 5.73 Å². The normalized spacial score (nSPS) is 21.9. The summed E-state index contributed by atoms with van der Waals surface area (Å²) in [6.07, 6.45) is -3.34. The third-order valence-corrected chi connectivity index (χ3v) is 2.87. The second kappa shape index (κ2) is 5.16. The van der Waals surface area contributed by atoms with E-state index in [1.807, 2.05) is 0 Å². The molecule has 0 saturated carbocycles. The summed E-state index contributed by atoms with van der Waals surface area (Å²) in [6, 6.07) is 5.30. The average molecular weight is 261 g/mol. The van der Waals surface area contributed by atoms with Crippen LogP contribution in [0.15, 0.2) is 24.3 Å². The third kappa shape index (κ3) is 3.14. The molecule has 0 aromatic heterocycles. The van der Waals surface area contributed by atoms with E-state index in [9.17, 15) is 13.2 Å². The quantitative estimate of drug-likeness (QED) is 0.909. The van der Waals surface area contributed by atoms with E-state index in [-0.39, 0.29) is 11.9 Å². The largest absolute Gasteiger partial charge is 0.573 e. The van der Waals surface area contributed by atoms with Crippen LogP contribution in [0.3, 0.4) is 0 Å². The number of ether oxygens (including phenoxy) is 2. The minimum atomic E-state index is -4.72. The fraction of sp³-hybridized carbons (Fsp3) is 0.500. The number of nitrogens with two attached hydrogens (primary N) is 1. The molecule has 1 aromatic carbocycles. The highest BCUT2D eigenvalue weighted by molar-refractivity contribution is 5.36. The minimum Gasteiger partial charge on any atom is -0.405 e. The van der Waals surface area contributed by atoms with Gasteiger partial charge in [0.25, 0.3) is 0 Å². The van der Waals surface area contributed by atoms with Crippen LogP contribution in [0.1, 0.15) is 24.4 Å². The van der Waals surface area contributed by atoms with Crippen LogP contribution in [0, 0.1) is 0 Å². The first kappa shape index (κ1) is 13.2. The Kier molecular flexibility index (Phi) is 3.77. The molecule has 1 aliphatic rings. The van der Waals surface area contributed by atoms with E-state index in [1.54, 1.807) is 6.07 Å². The topological polar surface area (TPSA) is 44.5 Å². The molecule has 100 valence electrons. The molecule has 1 fully saturated rings. The second-order valence-corrected chi connectivity index (χ2v) is 4.16. The Bertz CT molecular complexity index is 403. The SMILES string of the molecule is NC(c1ccccc1OC(F)(F)F)C1CCCO1. The van der Waals surface area contributed by atoms with Gasteiger partial charge >= 0.3 is 6.36 Å². The Labute approximate surface area is 103 Å². The number of rotatable bonds is 3. The lowest BCUT2D eigenvalue weighted by molar-refractivity contribution is -0.275. The van der Waals surface area contributed by atoms with Gasteiger partial charge < -0.3 is 15.2 Å². The summed E-state index contributed by atoms with van der Waals surface area (Å²) in [6.45, 7) is 0.598. The second-order valence-electron chi connectivity index (χ2n) is 4.16. The van der Waals surface area contributed by atoms with Crippen LogP contribution in [-0.2, 0) is 4.74 Å². The number of hydrogen-bond donors (Lipinski definition) is 1. The van der Waals surface area contributed by atoms with Gasteiger partial charge in [0.2, 0.25) is 0 Å². The molecule has 0 aliphatic carbocycles. The molecule has 0 spiro atoms. The van der Waals surface area contributed by atoms with E-state index in [0.717, 1.165) is 12.8 Å². The van der Waals surface area contributed by atoms with E-state index in [1.165, 1.54) is 18.2 Å². The monoisotopic (exact) mass is 261 g/mol. The van der Waals surface area contributed by atoms with E-state index in [0.29, 0.717) is 12.2 Å². The number of halogens is 3. The molecule has 1 saturated heterocycles. The number of para-hydroxylation sites is 1. The number of benzene rings is 1. The van der Waals surface area contributed by atoms with Gasteiger partial charge in [-0.05, 0) is 18.9 Å². The fourth-order valence-corrected chi connectivity index (χ4v) is 2.06. The lowest BCUT2D eigenvalue weighted by Crippen LogP contribution is -2.27. The van der Waals surface area contributed by atoms with Crippen LogP contribution in [0.25, 0.3) is 0 Å². The standard InChI is InChI=1S/C12H14F3NO2/c13-12(14,15)18-9-5-2-1-4-8(9)11(16)10-6-3-7-17-10/h1-2,4-5,10-11H,3,6-7,16H2.